The van der Waals surface area contributed by atoms with Gasteiger partial charge in [0, 0.05) is 16.4 Å². The number of halogens is 1. The van der Waals surface area contributed by atoms with Crippen molar-refractivity contribution in [2.75, 3.05) is 0 Å². The zero-order chi connectivity index (χ0) is 19.8. The van der Waals surface area contributed by atoms with Gasteiger partial charge in [0.1, 0.15) is 0 Å². The molecule has 140 valence electrons. The van der Waals surface area contributed by atoms with Crippen LogP contribution in [0.2, 0.25) is 5.02 Å². The van der Waals surface area contributed by atoms with Crippen LogP contribution in [-0.4, -0.2) is 36.6 Å². The van der Waals surface area contributed by atoms with E-state index in [1.54, 1.807) is 31.2 Å². The standard InChI is InChI=1S/C18H18ClN5O3/c1-4-18(16(26)27,12-5-7-13(19)8-6-12)22-15(25)14-21-17-20-10(2)9-11(3)24(17)23-14/h5-9H,4H2,1-3H3,(H,22,25)(H,26,27). The summed E-state index contributed by atoms with van der Waals surface area (Å²) in [6.07, 6.45) is 0.124. The number of fused-ring (bicyclic) bond motifs is 1. The highest BCUT2D eigenvalue weighted by atomic mass is 35.5. The maximum absolute atomic E-state index is 12.8. The first kappa shape index (κ1) is 18.8. The van der Waals surface area contributed by atoms with Crippen LogP contribution in [0.15, 0.2) is 30.3 Å². The van der Waals surface area contributed by atoms with Crippen molar-refractivity contribution in [3.05, 3.63) is 58.1 Å². The van der Waals surface area contributed by atoms with Crippen molar-refractivity contribution in [2.45, 2.75) is 32.7 Å². The number of carboxylic acids is 1. The number of aromatic nitrogens is 4. The molecular weight excluding hydrogens is 370 g/mol. The normalized spacial score (nSPS) is 13.3. The highest BCUT2D eigenvalue weighted by molar-refractivity contribution is 6.30. The van der Waals surface area contributed by atoms with Crippen LogP contribution in [0.3, 0.4) is 0 Å². The Balaban J connectivity index is 2.01. The van der Waals surface area contributed by atoms with Gasteiger partial charge in [0.25, 0.3) is 11.7 Å². The molecule has 2 heterocycles. The lowest BCUT2D eigenvalue weighted by molar-refractivity contribution is -0.145. The number of nitrogens with one attached hydrogen (secondary N) is 1. The van der Waals surface area contributed by atoms with Crippen molar-refractivity contribution < 1.29 is 14.7 Å². The summed E-state index contributed by atoms with van der Waals surface area (Å²) in [5.74, 6) is -1.75. The van der Waals surface area contributed by atoms with Crippen LogP contribution >= 0.6 is 11.6 Å². The molecule has 2 aromatic heterocycles. The highest BCUT2D eigenvalue weighted by Crippen LogP contribution is 2.27. The molecule has 3 rings (SSSR count). The molecule has 2 N–H and O–H groups in total. The van der Waals surface area contributed by atoms with E-state index in [-0.39, 0.29) is 18.0 Å². The predicted molar refractivity (Wildman–Crippen MR) is 98.8 cm³/mol. The summed E-state index contributed by atoms with van der Waals surface area (Å²) >= 11 is 5.89. The molecule has 1 atom stereocenters. The molecule has 0 fully saturated rings. The number of carboxylic acid groups (broad SMARTS) is 1. The molecule has 0 radical (unpaired) electrons. The number of nitrogens with zero attached hydrogens (tertiary/aromatic N) is 4. The molecule has 0 saturated heterocycles. The van der Waals surface area contributed by atoms with Crippen LogP contribution < -0.4 is 5.32 Å². The van der Waals surface area contributed by atoms with E-state index in [4.69, 9.17) is 11.6 Å². The van der Waals surface area contributed by atoms with E-state index in [1.165, 1.54) is 4.52 Å². The topological polar surface area (TPSA) is 109 Å². The largest absolute Gasteiger partial charge is 0.479 e. The van der Waals surface area contributed by atoms with Crippen molar-refractivity contribution in [2.24, 2.45) is 0 Å². The SMILES string of the molecule is CCC(NC(=O)c1nc2nc(C)cc(C)n2n1)(C(=O)O)c1ccc(Cl)cc1. The summed E-state index contributed by atoms with van der Waals surface area (Å²) in [5.41, 5.74) is 0.289. The third kappa shape index (κ3) is 3.35. The second-order valence-electron chi connectivity index (χ2n) is 6.21. The number of hydrogen-bond donors (Lipinski definition) is 2. The van der Waals surface area contributed by atoms with Crippen molar-refractivity contribution in [1.82, 2.24) is 24.9 Å². The molecule has 0 bridgehead atoms. The lowest BCUT2D eigenvalue weighted by Crippen LogP contribution is -2.51. The smallest absolute Gasteiger partial charge is 0.334 e. The summed E-state index contributed by atoms with van der Waals surface area (Å²) in [6.45, 7) is 5.31. The fourth-order valence-corrected chi connectivity index (χ4v) is 3.07. The molecular formula is C18H18ClN5O3. The van der Waals surface area contributed by atoms with Crippen LogP contribution in [0.4, 0.5) is 0 Å². The van der Waals surface area contributed by atoms with Gasteiger partial charge in [-0.2, -0.15) is 4.98 Å². The van der Waals surface area contributed by atoms with Crippen LogP contribution in [0.25, 0.3) is 5.78 Å². The van der Waals surface area contributed by atoms with Gasteiger partial charge >= 0.3 is 5.97 Å². The Hall–Kier alpha value is -3.00. The zero-order valence-electron chi connectivity index (χ0n) is 15.0. The van der Waals surface area contributed by atoms with Crippen molar-refractivity contribution in [1.29, 1.82) is 0 Å². The molecule has 8 nitrogen and oxygen atoms in total. The quantitative estimate of drug-likeness (QED) is 0.696. The van der Waals surface area contributed by atoms with Gasteiger partial charge in [0.05, 0.1) is 0 Å². The minimum absolute atomic E-state index is 0.124. The van der Waals surface area contributed by atoms with Gasteiger partial charge in [-0.3, -0.25) is 4.79 Å². The van der Waals surface area contributed by atoms with E-state index in [2.05, 4.69) is 20.4 Å². The molecule has 3 aromatic rings. The summed E-state index contributed by atoms with van der Waals surface area (Å²) in [6, 6.07) is 8.12. The van der Waals surface area contributed by atoms with E-state index in [0.717, 1.165) is 11.4 Å². The van der Waals surface area contributed by atoms with Gasteiger partial charge in [0.2, 0.25) is 5.82 Å². The number of hydrogen-bond acceptors (Lipinski definition) is 5. The fourth-order valence-electron chi connectivity index (χ4n) is 2.94. The Bertz CT molecular complexity index is 1030. The number of rotatable bonds is 5. The number of benzene rings is 1. The Kier molecular flexibility index (Phi) is 4.84. The van der Waals surface area contributed by atoms with E-state index < -0.39 is 17.4 Å². The molecule has 0 saturated carbocycles. The molecule has 0 aliphatic carbocycles. The molecule has 1 amide bonds. The van der Waals surface area contributed by atoms with Crippen molar-refractivity contribution >= 4 is 29.3 Å². The monoisotopic (exact) mass is 387 g/mol. The number of carbonyl (C=O) groups is 2. The third-order valence-electron chi connectivity index (χ3n) is 4.38. The number of carbonyl (C=O) groups excluding carboxylic acids is 1. The molecule has 9 heteroatoms. The summed E-state index contributed by atoms with van der Waals surface area (Å²) in [5, 5.41) is 17.1. The van der Waals surface area contributed by atoms with Crippen LogP contribution in [0.1, 0.15) is 40.9 Å². The van der Waals surface area contributed by atoms with Crippen LogP contribution in [0, 0.1) is 13.8 Å². The second kappa shape index (κ2) is 6.96. The Morgan fingerprint density at radius 3 is 2.48 bits per heavy atom. The molecule has 1 aromatic carbocycles. The van der Waals surface area contributed by atoms with Crippen molar-refractivity contribution in [3.63, 3.8) is 0 Å². The summed E-state index contributed by atoms with van der Waals surface area (Å²) in [7, 11) is 0. The summed E-state index contributed by atoms with van der Waals surface area (Å²) < 4.78 is 1.44. The molecule has 0 aliphatic heterocycles. The Morgan fingerprint density at radius 1 is 1.22 bits per heavy atom. The van der Waals surface area contributed by atoms with Crippen LogP contribution in [-0.2, 0) is 10.3 Å². The second-order valence-corrected chi connectivity index (χ2v) is 6.65. The third-order valence-corrected chi connectivity index (χ3v) is 4.63. The average Bonchev–Trinajstić information content (AvgIpc) is 3.04. The molecule has 0 aliphatic rings. The van der Waals surface area contributed by atoms with Crippen molar-refractivity contribution in [3.8, 4) is 0 Å². The van der Waals surface area contributed by atoms with Crippen LogP contribution in [0.5, 0.6) is 0 Å². The average molecular weight is 388 g/mol. The molecule has 1 unspecified atom stereocenters. The first-order chi connectivity index (χ1) is 12.8. The first-order valence-electron chi connectivity index (χ1n) is 8.30. The minimum Gasteiger partial charge on any atom is -0.479 e. The Morgan fingerprint density at radius 2 is 1.89 bits per heavy atom. The maximum atomic E-state index is 12.8. The predicted octanol–water partition coefficient (Wildman–Crippen LogP) is 2.51. The lowest BCUT2D eigenvalue weighted by atomic mass is 9.87. The van der Waals surface area contributed by atoms with Gasteiger partial charge in [-0.1, -0.05) is 30.7 Å². The van der Waals surface area contributed by atoms with E-state index in [9.17, 15) is 14.7 Å². The van der Waals surface area contributed by atoms with Gasteiger partial charge in [-0.25, -0.2) is 14.3 Å². The maximum Gasteiger partial charge on any atom is 0.334 e. The number of aliphatic carboxylic acids is 1. The number of amides is 1. The molecule has 0 spiro atoms. The first-order valence-corrected chi connectivity index (χ1v) is 8.67. The lowest BCUT2D eigenvalue weighted by Gasteiger charge is -2.29. The van der Waals surface area contributed by atoms with Gasteiger partial charge in [-0.05, 0) is 44.0 Å². The Labute approximate surface area is 160 Å². The van der Waals surface area contributed by atoms with Gasteiger partial charge in [-0.15, -0.1) is 5.10 Å². The van der Waals surface area contributed by atoms with E-state index >= 15 is 0 Å². The highest BCUT2D eigenvalue weighted by Gasteiger charge is 2.41. The number of aryl methyl sites for hydroxylation is 2. The van der Waals surface area contributed by atoms with Gasteiger partial charge < -0.3 is 10.4 Å². The summed E-state index contributed by atoms with van der Waals surface area (Å²) in [4.78, 5) is 33.2. The van der Waals surface area contributed by atoms with Gasteiger partial charge in [0.15, 0.2) is 5.54 Å². The minimum atomic E-state index is -1.63. The van der Waals surface area contributed by atoms with E-state index in [1.807, 2.05) is 19.9 Å². The molecule has 27 heavy (non-hydrogen) atoms. The van der Waals surface area contributed by atoms with E-state index in [0.29, 0.717) is 10.6 Å². The fraction of sp³-hybridized carbons (Fsp3) is 0.278. The zero-order valence-corrected chi connectivity index (χ0v) is 15.8.